The summed E-state index contributed by atoms with van der Waals surface area (Å²) in [6.45, 7) is 11.4. The summed E-state index contributed by atoms with van der Waals surface area (Å²) in [4.78, 5) is 18.7. The average molecular weight is 550 g/mol. The summed E-state index contributed by atoms with van der Waals surface area (Å²) in [5.41, 5.74) is -2.25. The first-order chi connectivity index (χ1) is 14.8. The molecular formula is C22H31BrF2N2O3SSi. The maximum atomic E-state index is 14.6. The molecule has 2 rings (SSSR count). The number of nitrogens with zero attached hydrogens (tertiary/aromatic N) is 2. The summed E-state index contributed by atoms with van der Waals surface area (Å²) < 4.78 is 40.9. The van der Waals surface area contributed by atoms with E-state index >= 15 is 0 Å². The van der Waals surface area contributed by atoms with Crippen LogP contribution < -0.4 is 0 Å². The number of hydrogen-bond donors (Lipinski definition) is 0. The summed E-state index contributed by atoms with van der Waals surface area (Å²) >= 11 is 4.44. The molecule has 1 atom stereocenters. The summed E-state index contributed by atoms with van der Waals surface area (Å²) in [6, 6.07) is 5.22. The lowest BCUT2D eigenvalue weighted by molar-refractivity contribution is 0.0111. The van der Waals surface area contributed by atoms with E-state index < -0.39 is 37.8 Å². The molecule has 178 valence electrons. The Labute approximate surface area is 202 Å². The van der Waals surface area contributed by atoms with E-state index in [2.05, 4.69) is 40.6 Å². The van der Waals surface area contributed by atoms with Gasteiger partial charge in [0.15, 0.2) is 5.17 Å². The molecule has 0 radical (unpaired) electrons. The molecule has 0 saturated carbocycles. The van der Waals surface area contributed by atoms with Gasteiger partial charge in [-0.3, -0.25) is 0 Å². The molecular weight excluding hydrogens is 518 g/mol. The predicted octanol–water partition coefficient (Wildman–Crippen LogP) is 6.92. The fourth-order valence-electron chi connectivity index (χ4n) is 2.73. The zero-order chi connectivity index (χ0) is 24.2. The van der Waals surface area contributed by atoms with Gasteiger partial charge in [0, 0.05) is 24.7 Å². The van der Waals surface area contributed by atoms with Crippen molar-refractivity contribution in [3.05, 3.63) is 45.5 Å². The molecule has 0 bridgehead atoms. The summed E-state index contributed by atoms with van der Waals surface area (Å²) in [5.74, 6) is -0.583. The van der Waals surface area contributed by atoms with Gasteiger partial charge in [-0.25, -0.2) is 23.5 Å². The highest BCUT2D eigenvalue weighted by Gasteiger charge is 2.38. The average Bonchev–Trinajstić information content (AvgIpc) is 2.67. The van der Waals surface area contributed by atoms with Crippen LogP contribution in [0.4, 0.5) is 13.6 Å². The lowest BCUT2D eigenvalue weighted by Gasteiger charge is -2.33. The molecule has 32 heavy (non-hydrogen) atoms. The number of carbonyl (C=O) groups excluding carboxylic acids is 1. The molecule has 1 amide bonds. The minimum Gasteiger partial charge on any atom is -0.443 e. The molecule has 0 fully saturated rings. The quantitative estimate of drug-likeness (QED) is 0.211. The largest absolute Gasteiger partial charge is 0.443 e. The third kappa shape index (κ3) is 7.67. The van der Waals surface area contributed by atoms with Crippen LogP contribution in [0.15, 0.2) is 39.1 Å². The van der Waals surface area contributed by atoms with Crippen LogP contribution >= 0.6 is 27.7 Å². The number of amides is 1. The Morgan fingerprint density at radius 3 is 2.59 bits per heavy atom. The zero-order valence-corrected chi connectivity index (χ0v) is 22.8. The predicted molar refractivity (Wildman–Crippen MR) is 133 cm³/mol. The smallest absolute Gasteiger partial charge is 0.418 e. The van der Waals surface area contributed by atoms with Gasteiger partial charge >= 0.3 is 6.09 Å². The highest BCUT2D eigenvalue weighted by Crippen LogP contribution is 2.38. The normalized spacial score (nSPS) is 19.0. The standard InChI is InChI=1S/C22H31BrF2N2O3SSi/c1-21(2,3)30-20(28)27(15-29-10-12-32(4,5)6)19-26-22(14-24,9-11-31-19)17-13-16(23)7-8-18(17)25/h7-9,11,13H,10,12,14-15H2,1-6H3/t22-/m1/s1. The number of carbonyl (C=O) groups is 1. The lowest BCUT2D eigenvalue weighted by Crippen LogP contribution is -2.43. The minimum absolute atomic E-state index is 0.0761. The highest BCUT2D eigenvalue weighted by atomic mass is 79.9. The van der Waals surface area contributed by atoms with E-state index in [1.54, 1.807) is 26.2 Å². The Kier molecular flexibility index (Phi) is 9.11. The molecule has 0 unspecified atom stereocenters. The second-order valence-corrected chi connectivity index (χ2v) is 17.2. The van der Waals surface area contributed by atoms with Crippen LogP contribution in [0.25, 0.3) is 0 Å². The molecule has 1 heterocycles. The van der Waals surface area contributed by atoms with Crippen LogP contribution in [0.2, 0.25) is 25.7 Å². The third-order valence-corrected chi connectivity index (χ3v) is 7.46. The number of halogens is 3. The number of benzene rings is 1. The van der Waals surface area contributed by atoms with Gasteiger partial charge in [-0.1, -0.05) is 47.3 Å². The van der Waals surface area contributed by atoms with Crippen molar-refractivity contribution in [1.29, 1.82) is 0 Å². The van der Waals surface area contributed by atoms with Crippen LogP contribution in [0, 0.1) is 5.82 Å². The molecule has 0 N–H and O–H groups in total. The maximum absolute atomic E-state index is 14.6. The molecule has 0 saturated heterocycles. The number of rotatable bonds is 7. The summed E-state index contributed by atoms with van der Waals surface area (Å²) in [6.07, 6.45) is 0.847. The Bertz CT molecular complexity index is 887. The van der Waals surface area contributed by atoms with Crippen molar-refractivity contribution in [2.75, 3.05) is 20.0 Å². The van der Waals surface area contributed by atoms with Crippen molar-refractivity contribution >= 4 is 47.0 Å². The SMILES string of the molecule is CC(C)(C)OC(=O)N(COCC[Si](C)(C)C)C1=N[C@](CF)(c2cc(Br)ccc2F)C=CS1. The van der Waals surface area contributed by atoms with E-state index in [0.717, 1.165) is 17.8 Å². The second-order valence-electron chi connectivity index (χ2n) is 9.75. The van der Waals surface area contributed by atoms with Gasteiger partial charge < -0.3 is 9.47 Å². The Morgan fingerprint density at radius 1 is 1.31 bits per heavy atom. The van der Waals surface area contributed by atoms with Crippen LogP contribution in [0.5, 0.6) is 0 Å². The maximum Gasteiger partial charge on any atom is 0.418 e. The van der Waals surface area contributed by atoms with Gasteiger partial charge in [-0.15, -0.1) is 0 Å². The van der Waals surface area contributed by atoms with Crippen LogP contribution in [-0.4, -0.2) is 49.8 Å². The van der Waals surface area contributed by atoms with Crippen molar-refractivity contribution in [3.8, 4) is 0 Å². The molecule has 1 aromatic carbocycles. The van der Waals surface area contributed by atoms with E-state index in [4.69, 9.17) is 9.47 Å². The molecule has 1 aliphatic rings. The Morgan fingerprint density at radius 2 is 2.00 bits per heavy atom. The Hall–Kier alpha value is -1.23. The first-order valence-corrected chi connectivity index (χ1v) is 15.7. The fourth-order valence-corrected chi connectivity index (χ4v) is 4.73. The number of thioether (sulfide) groups is 1. The molecule has 0 aliphatic carbocycles. The van der Waals surface area contributed by atoms with Gasteiger partial charge in [0.1, 0.15) is 30.4 Å². The molecule has 5 nitrogen and oxygen atoms in total. The zero-order valence-electron chi connectivity index (χ0n) is 19.4. The van der Waals surface area contributed by atoms with Crippen molar-refractivity contribution in [3.63, 3.8) is 0 Å². The van der Waals surface area contributed by atoms with Gasteiger partial charge in [0.05, 0.1) is 0 Å². The molecule has 1 aromatic rings. The monoisotopic (exact) mass is 548 g/mol. The van der Waals surface area contributed by atoms with E-state index in [1.165, 1.54) is 29.2 Å². The van der Waals surface area contributed by atoms with Gasteiger partial charge in [-0.05, 0) is 56.5 Å². The van der Waals surface area contributed by atoms with Crippen molar-refractivity contribution in [2.24, 2.45) is 4.99 Å². The number of hydrogen-bond acceptors (Lipinski definition) is 5. The van der Waals surface area contributed by atoms with Crippen molar-refractivity contribution in [2.45, 2.75) is 57.6 Å². The third-order valence-electron chi connectivity index (χ3n) is 4.47. The fraction of sp³-hybridized carbons (Fsp3) is 0.545. The molecule has 0 spiro atoms. The molecule has 0 aromatic heterocycles. The number of aliphatic imine (C=N–C) groups is 1. The van der Waals surface area contributed by atoms with E-state index in [1.807, 2.05) is 0 Å². The number of amidine groups is 1. The van der Waals surface area contributed by atoms with Gasteiger partial charge in [0.25, 0.3) is 0 Å². The second kappa shape index (κ2) is 10.8. The Balaban J connectivity index is 2.38. The van der Waals surface area contributed by atoms with Gasteiger partial charge in [0.2, 0.25) is 0 Å². The van der Waals surface area contributed by atoms with Crippen molar-refractivity contribution in [1.82, 2.24) is 4.90 Å². The van der Waals surface area contributed by atoms with E-state index in [9.17, 15) is 13.6 Å². The van der Waals surface area contributed by atoms with Crippen LogP contribution in [0.3, 0.4) is 0 Å². The van der Waals surface area contributed by atoms with Crippen LogP contribution in [-0.2, 0) is 15.0 Å². The first-order valence-electron chi connectivity index (χ1n) is 10.3. The highest BCUT2D eigenvalue weighted by molar-refractivity contribution is 9.10. The van der Waals surface area contributed by atoms with E-state index in [-0.39, 0.29) is 17.5 Å². The van der Waals surface area contributed by atoms with Crippen molar-refractivity contribution < 1.29 is 23.0 Å². The lowest BCUT2D eigenvalue weighted by atomic mass is 9.91. The summed E-state index contributed by atoms with van der Waals surface area (Å²) in [5, 5.41) is 1.80. The number of ether oxygens (including phenoxy) is 2. The van der Waals surface area contributed by atoms with Crippen LogP contribution in [0.1, 0.15) is 26.3 Å². The van der Waals surface area contributed by atoms with Gasteiger partial charge in [-0.2, -0.15) is 0 Å². The molecule has 1 aliphatic heterocycles. The topological polar surface area (TPSA) is 51.1 Å². The minimum atomic E-state index is -1.59. The number of alkyl halides is 1. The van der Waals surface area contributed by atoms with E-state index in [0.29, 0.717) is 11.1 Å². The molecule has 10 heteroatoms. The summed E-state index contributed by atoms with van der Waals surface area (Å²) in [7, 11) is -1.32. The first kappa shape index (κ1) is 27.0.